The predicted molar refractivity (Wildman–Crippen MR) is 58.7 cm³/mol. The molecule has 1 aromatic rings. The lowest BCUT2D eigenvalue weighted by atomic mass is 9.86. The van der Waals surface area contributed by atoms with Crippen LogP contribution in [0.15, 0.2) is 6.07 Å². The van der Waals surface area contributed by atoms with Crippen molar-refractivity contribution in [3.63, 3.8) is 0 Å². The molecule has 0 saturated carbocycles. The average molecular weight is 228 g/mol. The molecule has 2 rings (SSSR count). The molecular formula is C12H18F2N2. The summed E-state index contributed by atoms with van der Waals surface area (Å²) in [5.41, 5.74) is 0.752. The maximum Gasteiger partial charge on any atom is 0.289 e. The largest absolute Gasteiger partial charge is 0.289 e. The van der Waals surface area contributed by atoms with Gasteiger partial charge in [-0.05, 0) is 18.9 Å². The van der Waals surface area contributed by atoms with Crippen molar-refractivity contribution in [2.45, 2.75) is 57.9 Å². The zero-order valence-electron chi connectivity index (χ0n) is 10.1. The molecule has 1 aliphatic heterocycles. The van der Waals surface area contributed by atoms with Gasteiger partial charge in [0.15, 0.2) is 0 Å². The van der Waals surface area contributed by atoms with Crippen molar-refractivity contribution in [1.29, 1.82) is 0 Å². The van der Waals surface area contributed by atoms with Gasteiger partial charge >= 0.3 is 0 Å². The van der Waals surface area contributed by atoms with Crippen LogP contribution < -0.4 is 0 Å². The highest BCUT2D eigenvalue weighted by molar-refractivity contribution is 5.22. The quantitative estimate of drug-likeness (QED) is 0.758. The van der Waals surface area contributed by atoms with Gasteiger partial charge in [0, 0.05) is 18.4 Å². The summed E-state index contributed by atoms with van der Waals surface area (Å²) < 4.78 is 28.8. The van der Waals surface area contributed by atoms with Crippen LogP contribution in [0.4, 0.5) is 8.78 Å². The van der Waals surface area contributed by atoms with E-state index in [0.717, 1.165) is 12.1 Å². The highest BCUT2D eigenvalue weighted by Gasteiger charge is 2.39. The molecule has 1 aromatic heterocycles. The van der Waals surface area contributed by atoms with E-state index in [9.17, 15) is 8.78 Å². The number of rotatable bonds is 2. The van der Waals surface area contributed by atoms with E-state index in [1.165, 1.54) is 4.68 Å². The van der Waals surface area contributed by atoms with Crippen molar-refractivity contribution >= 4 is 0 Å². The Morgan fingerprint density at radius 1 is 1.50 bits per heavy atom. The first-order valence-electron chi connectivity index (χ1n) is 5.83. The van der Waals surface area contributed by atoms with Crippen molar-refractivity contribution in [3.05, 3.63) is 17.5 Å². The van der Waals surface area contributed by atoms with E-state index in [2.05, 4.69) is 12.0 Å². The number of alkyl halides is 2. The van der Waals surface area contributed by atoms with E-state index in [1.807, 2.05) is 13.8 Å². The van der Waals surface area contributed by atoms with Crippen molar-refractivity contribution in [3.8, 4) is 0 Å². The SMILES string of the molecule is CCC(C)(C)c1cc2n(n1)CCCC2(F)F. The fourth-order valence-corrected chi connectivity index (χ4v) is 1.97. The smallest absolute Gasteiger partial charge is 0.263 e. The van der Waals surface area contributed by atoms with Gasteiger partial charge in [-0.15, -0.1) is 0 Å². The molecule has 0 bridgehead atoms. The highest BCUT2D eigenvalue weighted by Crippen LogP contribution is 2.39. The van der Waals surface area contributed by atoms with Crippen LogP contribution in [0.3, 0.4) is 0 Å². The number of hydrogen-bond acceptors (Lipinski definition) is 1. The molecule has 0 radical (unpaired) electrons. The van der Waals surface area contributed by atoms with Gasteiger partial charge in [0.25, 0.3) is 5.92 Å². The van der Waals surface area contributed by atoms with E-state index in [1.54, 1.807) is 6.07 Å². The standard InChI is InChI=1S/C12H18F2N2/c1-4-11(2,3)9-8-10-12(13,14)6-5-7-16(10)15-9/h8H,4-7H2,1-3H3. The molecule has 0 fully saturated rings. The van der Waals surface area contributed by atoms with Crippen LogP contribution in [0.2, 0.25) is 0 Å². The lowest BCUT2D eigenvalue weighted by Crippen LogP contribution is -2.25. The van der Waals surface area contributed by atoms with Crippen molar-refractivity contribution < 1.29 is 8.78 Å². The van der Waals surface area contributed by atoms with Crippen LogP contribution in [0.5, 0.6) is 0 Å². The molecule has 2 heterocycles. The normalized spacial score (nSPS) is 19.6. The summed E-state index contributed by atoms with van der Waals surface area (Å²) in [6.07, 6.45) is 1.35. The molecule has 16 heavy (non-hydrogen) atoms. The van der Waals surface area contributed by atoms with Gasteiger partial charge in [-0.3, -0.25) is 4.68 Å². The number of aryl methyl sites for hydroxylation is 1. The first-order chi connectivity index (χ1) is 7.37. The number of hydrogen-bond donors (Lipinski definition) is 0. The monoisotopic (exact) mass is 228 g/mol. The zero-order chi connectivity index (χ0) is 12.0. The summed E-state index contributed by atoms with van der Waals surface area (Å²) in [6, 6.07) is 1.59. The second-order valence-corrected chi connectivity index (χ2v) is 5.18. The summed E-state index contributed by atoms with van der Waals surface area (Å²) in [6.45, 7) is 6.75. The minimum atomic E-state index is -2.70. The van der Waals surface area contributed by atoms with Gasteiger partial charge in [0.05, 0.1) is 5.69 Å². The Morgan fingerprint density at radius 2 is 2.19 bits per heavy atom. The Hall–Kier alpha value is -0.930. The van der Waals surface area contributed by atoms with E-state index in [-0.39, 0.29) is 17.5 Å². The maximum atomic E-state index is 13.6. The van der Waals surface area contributed by atoms with Crippen LogP contribution in [-0.2, 0) is 17.9 Å². The Bertz CT molecular complexity index is 394. The predicted octanol–water partition coefficient (Wildman–Crippen LogP) is 3.46. The van der Waals surface area contributed by atoms with Crippen LogP contribution in [0, 0.1) is 0 Å². The lowest BCUT2D eigenvalue weighted by Gasteiger charge is -2.22. The second-order valence-electron chi connectivity index (χ2n) is 5.18. The number of aromatic nitrogens is 2. The number of nitrogens with zero attached hydrogens (tertiary/aromatic N) is 2. The van der Waals surface area contributed by atoms with Crippen LogP contribution in [0.25, 0.3) is 0 Å². The van der Waals surface area contributed by atoms with Gasteiger partial charge < -0.3 is 0 Å². The van der Waals surface area contributed by atoms with E-state index < -0.39 is 5.92 Å². The molecule has 0 aliphatic carbocycles. The molecule has 90 valence electrons. The van der Waals surface area contributed by atoms with E-state index in [0.29, 0.717) is 13.0 Å². The second kappa shape index (κ2) is 3.54. The Morgan fingerprint density at radius 3 is 2.75 bits per heavy atom. The van der Waals surface area contributed by atoms with Crippen LogP contribution in [0.1, 0.15) is 51.4 Å². The third-order valence-electron chi connectivity index (χ3n) is 3.59. The molecule has 0 spiro atoms. The molecule has 4 heteroatoms. The Kier molecular flexibility index (Phi) is 2.55. The Labute approximate surface area is 94.6 Å². The van der Waals surface area contributed by atoms with Crippen LogP contribution >= 0.6 is 0 Å². The molecule has 0 aromatic carbocycles. The third-order valence-corrected chi connectivity index (χ3v) is 3.59. The zero-order valence-corrected chi connectivity index (χ0v) is 10.1. The highest BCUT2D eigenvalue weighted by atomic mass is 19.3. The topological polar surface area (TPSA) is 17.8 Å². The minimum absolute atomic E-state index is 0.0509. The van der Waals surface area contributed by atoms with Gasteiger partial charge in [-0.2, -0.15) is 13.9 Å². The van der Waals surface area contributed by atoms with Gasteiger partial charge in [0.2, 0.25) is 0 Å². The fraction of sp³-hybridized carbons (Fsp3) is 0.750. The van der Waals surface area contributed by atoms with Gasteiger partial charge in [0.1, 0.15) is 5.69 Å². The number of fused-ring (bicyclic) bond motifs is 1. The third kappa shape index (κ3) is 1.74. The van der Waals surface area contributed by atoms with Gasteiger partial charge in [-0.25, -0.2) is 0 Å². The summed E-state index contributed by atoms with van der Waals surface area (Å²) in [4.78, 5) is 0. The first kappa shape index (κ1) is 11.6. The van der Waals surface area contributed by atoms with E-state index >= 15 is 0 Å². The average Bonchev–Trinajstić information content (AvgIpc) is 2.63. The first-order valence-corrected chi connectivity index (χ1v) is 5.83. The van der Waals surface area contributed by atoms with Gasteiger partial charge in [-0.1, -0.05) is 20.8 Å². The molecule has 0 amide bonds. The van der Waals surface area contributed by atoms with Crippen molar-refractivity contribution in [2.75, 3.05) is 0 Å². The lowest BCUT2D eigenvalue weighted by molar-refractivity contribution is -0.0364. The molecule has 0 atom stereocenters. The minimum Gasteiger partial charge on any atom is -0.263 e. The van der Waals surface area contributed by atoms with Crippen molar-refractivity contribution in [2.24, 2.45) is 0 Å². The molecule has 0 saturated heterocycles. The summed E-state index contributed by atoms with van der Waals surface area (Å²) in [5.74, 6) is -2.70. The molecule has 0 unspecified atom stereocenters. The molecule has 1 aliphatic rings. The fourth-order valence-electron chi connectivity index (χ4n) is 1.97. The molecule has 2 nitrogen and oxygen atoms in total. The van der Waals surface area contributed by atoms with Crippen LogP contribution in [-0.4, -0.2) is 9.78 Å². The van der Waals surface area contributed by atoms with E-state index in [4.69, 9.17) is 0 Å². The van der Waals surface area contributed by atoms with Crippen molar-refractivity contribution in [1.82, 2.24) is 9.78 Å². The summed E-state index contributed by atoms with van der Waals surface area (Å²) >= 11 is 0. The molecular weight excluding hydrogens is 210 g/mol. The Balaban J connectivity index is 2.44. The summed E-state index contributed by atoms with van der Waals surface area (Å²) in [5, 5.41) is 4.33. The summed E-state index contributed by atoms with van der Waals surface area (Å²) in [7, 11) is 0. The number of halogens is 2. The molecule has 0 N–H and O–H groups in total. The maximum absolute atomic E-state index is 13.6.